The van der Waals surface area contributed by atoms with Crippen molar-refractivity contribution in [1.29, 1.82) is 0 Å². The molecule has 8 nitrogen and oxygen atoms in total. The molecular formula is C30H33N5O3. The minimum atomic E-state index is -0.293. The lowest BCUT2D eigenvalue weighted by atomic mass is 9.95. The Morgan fingerprint density at radius 2 is 1.87 bits per heavy atom. The molecule has 0 spiro atoms. The van der Waals surface area contributed by atoms with Gasteiger partial charge in [-0.05, 0) is 62.4 Å². The molecular weight excluding hydrogens is 478 g/mol. The summed E-state index contributed by atoms with van der Waals surface area (Å²) in [6, 6.07) is 11.9. The molecule has 0 N–H and O–H groups in total. The Morgan fingerprint density at radius 3 is 2.53 bits per heavy atom. The number of amides is 2. The van der Waals surface area contributed by atoms with Crippen molar-refractivity contribution in [3.05, 3.63) is 83.3 Å². The number of hydrogen-bond acceptors (Lipinski definition) is 5. The Bertz CT molecular complexity index is 1370. The number of benzene rings is 1. The number of aromatic nitrogens is 3. The Balaban J connectivity index is 1.35. The summed E-state index contributed by atoms with van der Waals surface area (Å²) in [7, 11) is 0. The standard InChI is InChI=1S/C30H33N5O3/c1-4-28(36)33-15-13-24-29-25(35(32-24)23-10-7-21(8-11-23)20-5-6-20)14-16-34(26(29)18-33)30(37)22-9-12-27(31-17-22)38-19(2)3/h4,7-12,17,19-20,26H,1,5-6,13-16,18H2,2-3H3/t26-/m0/s1. The molecule has 3 aromatic rings. The van der Waals surface area contributed by atoms with Crippen LogP contribution < -0.4 is 4.74 Å². The van der Waals surface area contributed by atoms with E-state index in [2.05, 4.69) is 40.5 Å². The van der Waals surface area contributed by atoms with E-state index in [0.29, 0.717) is 49.8 Å². The third-order valence-electron chi connectivity index (χ3n) is 7.68. The number of carbonyl (C=O) groups is 2. The largest absolute Gasteiger partial charge is 0.475 e. The molecule has 0 unspecified atom stereocenters. The van der Waals surface area contributed by atoms with E-state index < -0.39 is 0 Å². The van der Waals surface area contributed by atoms with Crippen LogP contribution in [-0.2, 0) is 17.6 Å². The average molecular weight is 512 g/mol. The molecule has 1 aromatic carbocycles. The van der Waals surface area contributed by atoms with Crippen LogP contribution in [0.3, 0.4) is 0 Å². The van der Waals surface area contributed by atoms with Crippen LogP contribution in [0.15, 0.2) is 55.3 Å². The molecule has 2 aliphatic heterocycles. The second-order valence-electron chi connectivity index (χ2n) is 10.6. The van der Waals surface area contributed by atoms with Gasteiger partial charge >= 0.3 is 0 Å². The van der Waals surface area contributed by atoms with Gasteiger partial charge in [-0.3, -0.25) is 9.59 Å². The molecule has 1 aliphatic carbocycles. The van der Waals surface area contributed by atoms with Crippen molar-refractivity contribution in [2.24, 2.45) is 0 Å². The van der Waals surface area contributed by atoms with Gasteiger partial charge in [-0.2, -0.15) is 5.10 Å². The van der Waals surface area contributed by atoms with Gasteiger partial charge in [0, 0.05) is 50.3 Å². The van der Waals surface area contributed by atoms with Crippen molar-refractivity contribution in [3.63, 3.8) is 0 Å². The van der Waals surface area contributed by atoms with E-state index in [1.54, 1.807) is 23.2 Å². The van der Waals surface area contributed by atoms with E-state index >= 15 is 0 Å². The number of pyridine rings is 1. The fraction of sp³-hybridized carbons (Fsp3) is 0.400. The van der Waals surface area contributed by atoms with Crippen LogP contribution in [0.2, 0.25) is 0 Å². The van der Waals surface area contributed by atoms with E-state index in [4.69, 9.17) is 9.84 Å². The van der Waals surface area contributed by atoms with E-state index in [9.17, 15) is 9.59 Å². The number of carbonyl (C=O) groups excluding carboxylic acids is 2. The highest BCUT2D eigenvalue weighted by Crippen LogP contribution is 2.41. The van der Waals surface area contributed by atoms with Gasteiger partial charge in [0.25, 0.3) is 5.91 Å². The van der Waals surface area contributed by atoms with E-state index in [1.165, 1.54) is 24.5 Å². The van der Waals surface area contributed by atoms with Gasteiger partial charge in [0.05, 0.1) is 34.8 Å². The zero-order valence-electron chi connectivity index (χ0n) is 22.0. The van der Waals surface area contributed by atoms with E-state index in [1.807, 2.05) is 18.7 Å². The van der Waals surface area contributed by atoms with Gasteiger partial charge in [-0.25, -0.2) is 9.67 Å². The summed E-state index contributed by atoms with van der Waals surface area (Å²) in [4.78, 5) is 34.4. The lowest BCUT2D eigenvalue weighted by molar-refractivity contribution is -0.126. The van der Waals surface area contributed by atoms with Crippen molar-refractivity contribution in [2.75, 3.05) is 19.6 Å². The van der Waals surface area contributed by atoms with Gasteiger partial charge in [0.2, 0.25) is 11.8 Å². The topological polar surface area (TPSA) is 80.6 Å². The molecule has 1 saturated carbocycles. The van der Waals surface area contributed by atoms with Crippen molar-refractivity contribution in [1.82, 2.24) is 24.6 Å². The van der Waals surface area contributed by atoms with Crippen molar-refractivity contribution >= 4 is 11.8 Å². The molecule has 196 valence electrons. The van der Waals surface area contributed by atoms with Crippen molar-refractivity contribution in [3.8, 4) is 11.6 Å². The third kappa shape index (κ3) is 4.48. The SMILES string of the molecule is C=CC(=O)N1CCc2nn(-c3ccc(C4CC4)cc3)c3c2[C@H](C1)N(C(=O)c1ccc(OC(C)C)nc1)CC3. The fourth-order valence-corrected chi connectivity index (χ4v) is 5.67. The van der Waals surface area contributed by atoms with Gasteiger partial charge < -0.3 is 14.5 Å². The first-order chi connectivity index (χ1) is 18.4. The summed E-state index contributed by atoms with van der Waals surface area (Å²) >= 11 is 0. The highest BCUT2D eigenvalue weighted by Gasteiger charge is 2.40. The zero-order chi connectivity index (χ0) is 26.4. The van der Waals surface area contributed by atoms with Gasteiger partial charge in [0.1, 0.15) is 0 Å². The van der Waals surface area contributed by atoms with Crippen LogP contribution in [0, 0.1) is 0 Å². The second-order valence-corrected chi connectivity index (χ2v) is 10.6. The van der Waals surface area contributed by atoms with Crippen LogP contribution in [0.25, 0.3) is 5.69 Å². The minimum absolute atomic E-state index is 0.00352. The van der Waals surface area contributed by atoms with Crippen LogP contribution in [0.5, 0.6) is 5.88 Å². The maximum Gasteiger partial charge on any atom is 0.256 e. The Hall–Kier alpha value is -3.94. The number of ether oxygens (including phenoxy) is 1. The maximum absolute atomic E-state index is 13.8. The summed E-state index contributed by atoms with van der Waals surface area (Å²) in [5.41, 5.74) is 6.08. The predicted octanol–water partition coefficient (Wildman–Crippen LogP) is 4.24. The molecule has 0 saturated heterocycles. The van der Waals surface area contributed by atoms with Crippen molar-refractivity contribution < 1.29 is 14.3 Å². The Kier molecular flexibility index (Phi) is 6.26. The number of hydrogen-bond donors (Lipinski definition) is 0. The number of rotatable bonds is 6. The summed E-state index contributed by atoms with van der Waals surface area (Å²) in [6.07, 6.45) is 6.79. The minimum Gasteiger partial charge on any atom is -0.475 e. The predicted molar refractivity (Wildman–Crippen MR) is 144 cm³/mol. The highest BCUT2D eigenvalue weighted by molar-refractivity contribution is 5.94. The highest BCUT2D eigenvalue weighted by atomic mass is 16.5. The summed E-state index contributed by atoms with van der Waals surface area (Å²) in [5, 5.41) is 5.04. The van der Waals surface area contributed by atoms with Crippen LogP contribution in [0.4, 0.5) is 0 Å². The first-order valence-electron chi connectivity index (χ1n) is 13.5. The molecule has 0 bridgehead atoms. The van der Waals surface area contributed by atoms with Gasteiger partial charge in [-0.15, -0.1) is 0 Å². The lowest BCUT2D eigenvalue weighted by Crippen LogP contribution is -2.45. The first-order valence-corrected chi connectivity index (χ1v) is 13.5. The van der Waals surface area contributed by atoms with Crippen molar-refractivity contribution in [2.45, 2.75) is 57.6 Å². The lowest BCUT2D eigenvalue weighted by Gasteiger charge is -2.37. The molecule has 1 fully saturated rings. The average Bonchev–Trinajstić information content (AvgIpc) is 3.73. The Morgan fingerprint density at radius 1 is 1.08 bits per heavy atom. The molecule has 38 heavy (non-hydrogen) atoms. The van der Waals surface area contributed by atoms with E-state index in [-0.39, 0.29) is 24.0 Å². The molecule has 1 atom stereocenters. The third-order valence-corrected chi connectivity index (χ3v) is 7.68. The molecule has 2 amide bonds. The second kappa shape index (κ2) is 9.74. The van der Waals surface area contributed by atoms with Crippen LogP contribution in [0.1, 0.15) is 71.5 Å². The molecule has 4 heterocycles. The maximum atomic E-state index is 13.8. The van der Waals surface area contributed by atoms with Gasteiger partial charge in [0.15, 0.2) is 0 Å². The summed E-state index contributed by atoms with van der Waals surface area (Å²) in [6.45, 7) is 9.03. The zero-order valence-corrected chi connectivity index (χ0v) is 22.0. The normalized spacial score (nSPS) is 18.7. The number of nitrogens with zero attached hydrogens (tertiary/aromatic N) is 5. The van der Waals surface area contributed by atoms with E-state index in [0.717, 1.165) is 22.6 Å². The Labute approximate surface area is 222 Å². The molecule has 8 heteroatoms. The summed E-state index contributed by atoms with van der Waals surface area (Å²) < 4.78 is 7.70. The first kappa shape index (κ1) is 24.4. The smallest absolute Gasteiger partial charge is 0.256 e. The van der Waals surface area contributed by atoms with Crippen LogP contribution >= 0.6 is 0 Å². The van der Waals surface area contributed by atoms with Gasteiger partial charge in [-0.1, -0.05) is 18.7 Å². The van der Waals surface area contributed by atoms with Crippen LogP contribution in [-0.4, -0.2) is 62.1 Å². The molecule has 0 radical (unpaired) electrons. The monoisotopic (exact) mass is 511 g/mol. The fourth-order valence-electron chi connectivity index (χ4n) is 5.67. The quantitative estimate of drug-likeness (QED) is 0.463. The molecule has 2 aromatic heterocycles. The molecule has 3 aliphatic rings. The molecule has 6 rings (SSSR count). The summed E-state index contributed by atoms with van der Waals surface area (Å²) in [5.74, 6) is 0.959.